The van der Waals surface area contributed by atoms with E-state index in [1.165, 1.54) is 0 Å². The van der Waals surface area contributed by atoms with Gasteiger partial charge in [0.2, 0.25) is 0 Å². The van der Waals surface area contributed by atoms with E-state index in [4.69, 9.17) is 28.9 Å². The quantitative estimate of drug-likeness (QED) is 0.862. The molecular formula is C15H14Cl2N2O. The van der Waals surface area contributed by atoms with Gasteiger partial charge in [0, 0.05) is 17.9 Å². The van der Waals surface area contributed by atoms with Gasteiger partial charge in [-0.1, -0.05) is 29.3 Å². The third-order valence-corrected chi connectivity index (χ3v) is 3.57. The van der Waals surface area contributed by atoms with Gasteiger partial charge < -0.3 is 10.6 Å². The van der Waals surface area contributed by atoms with Crippen LogP contribution in [0.25, 0.3) is 0 Å². The Morgan fingerprint density at radius 3 is 2.15 bits per heavy atom. The van der Waals surface area contributed by atoms with Crippen molar-refractivity contribution in [3.63, 3.8) is 0 Å². The normalized spacial score (nSPS) is 10.3. The third kappa shape index (κ3) is 2.89. The molecule has 3 nitrogen and oxygen atoms in total. The lowest BCUT2D eigenvalue weighted by Gasteiger charge is -2.22. The fraction of sp³-hybridized carbons (Fsp3) is 0.133. The number of carbonyl (C=O) groups excluding carboxylic acids is 1. The number of rotatable bonds is 3. The molecule has 0 radical (unpaired) electrons. The van der Waals surface area contributed by atoms with Crippen LogP contribution in [0.5, 0.6) is 0 Å². The molecule has 0 atom stereocenters. The van der Waals surface area contributed by atoms with Crippen LogP contribution in [0.2, 0.25) is 10.0 Å². The van der Waals surface area contributed by atoms with Crippen molar-refractivity contribution in [2.75, 3.05) is 17.2 Å². The van der Waals surface area contributed by atoms with Crippen molar-refractivity contribution in [1.29, 1.82) is 0 Å². The van der Waals surface area contributed by atoms with E-state index in [0.29, 0.717) is 27.8 Å². The van der Waals surface area contributed by atoms with Gasteiger partial charge in [0.15, 0.2) is 0 Å². The Labute approximate surface area is 127 Å². The fourth-order valence-electron chi connectivity index (χ4n) is 1.93. The van der Waals surface area contributed by atoms with Crippen LogP contribution in [0.3, 0.4) is 0 Å². The molecule has 20 heavy (non-hydrogen) atoms. The Hall–Kier alpha value is -1.71. The lowest BCUT2D eigenvalue weighted by molar-refractivity contribution is 0.0988. The molecule has 0 bridgehead atoms. The topological polar surface area (TPSA) is 46.3 Å². The number of nitrogen functional groups attached to an aromatic ring is 1. The van der Waals surface area contributed by atoms with Crippen LogP contribution in [0, 0.1) is 0 Å². The van der Waals surface area contributed by atoms with E-state index in [1.807, 2.05) is 6.92 Å². The number of benzene rings is 2. The molecule has 0 spiro atoms. The molecule has 0 heterocycles. The van der Waals surface area contributed by atoms with E-state index in [2.05, 4.69) is 0 Å². The predicted octanol–water partition coefficient (Wildman–Crippen LogP) is 4.24. The minimum atomic E-state index is -0.229. The van der Waals surface area contributed by atoms with E-state index in [1.54, 1.807) is 47.4 Å². The molecule has 0 saturated carbocycles. The van der Waals surface area contributed by atoms with E-state index < -0.39 is 0 Å². The molecular weight excluding hydrogens is 295 g/mol. The summed E-state index contributed by atoms with van der Waals surface area (Å²) in [4.78, 5) is 14.2. The monoisotopic (exact) mass is 308 g/mol. The van der Waals surface area contributed by atoms with Crippen molar-refractivity contribution in [1.82, 2.24) is 0 Å². The highest BCUT2D eigenvalue weighted by molar-refractivity contribution is 6.40. The summed E-state index contributed by atoms with van der Waals surface area (Å²) in [6.45, 7) is 2.39. The number of hydrogen-bond donors (Lipinski definition) is 1. The van der Waals surface area contributed by atoms with Crippen LogP contribution in [-0.2, 0) is 0 Å². The molecule has 2 aromatic carbocycles. The third-order valence-electron chi connectivity index (χ3n) is 2.94. The van der Waals surface area contributed by atoms with Crippen molar-refractivity contribution < 1.29 is 4.79 Å². The molecule has 0 aromatic heterocycles. The minimum Gasteiger partial charge on any atom is -0.399 e. The summed E-state index contributed by atoms with van der Waals surface area (Å²) in [6, 6.07) is 12.1. The molecule has 0 aliphatic rings. The number of nitrogens with two attached hydrogens (primary N) is 1. The van der Waals surface area contributed by atoms with E-state index in [-0.39, 0.29) is 5.91 Å². The number of nitrogens with zero attached hydrogens (tertiary/aromatic N) is 1. The molecule has 2 aromatic rings. The van der Waals surface area contributed by atoms with E-state index in [0.717, 1.165) is 5.69 Å². The summed E-state index contributed by atoms with van der Waals surface area (Å²) in [5, 5.41) is 0.688. The highest BCUT2D eigenvalue weighted by atomic mass is 35.5. The maximum Gasteiger partial charge on any atom is 0.261 e. The Morgan fingerprint density at radius 2 is 1.65 bits per heavy atom. The van der Waals surface area contributed by atoms with Gasteiger partial charge >= 0.3 is 0 Å². The van der Waals surface area contributed by atoms with Crippen molar-refractivity contribution >= 4 is 40.5 Å². The zero-order chi connectivity index (χ0) is 14.7. The van der Waals surface area contributed by atoms with Crippen molar-refractivity contribution in [2.24, 2.45) is 0 Å². The number of anilines is 2. The summed E-state index contributed by atoms with van der Waals surface area (Å²) in [5.41, 5.74) is 7.37. The van der Waals surface area contributed by atoms with Crippen molar-refractivity contribution in [3.8, 4) is 0 Å². The molecule has 0 fully saturated rings. The number of amides is 1. The summed E-state index contributed by atoms with van der Waals surface area (Å²) >= 11 is 12.2. The second-order valence-corrected chi connectivity index (χ2v) is 5.05. The van der Waals surface area contributed by atoms with Gasteiger partial charge in [-0.15, -0.1) is 0 Å². The second-order valence-electron chi connectivity index (χ2n) is 4.24. The maximum absolute atomic E-state index is 12.6. The van der Waals surface area contributed by atoms with Crippen LogP contribution in [0.15, 0.2) is 42.5 Å². The molecule has 1 amide bonds. The van der Waals surface area contributed by atoms with Crippen molar-refractivity contribution in [2.45, 2.75) is 6.92 Å². The molecule has 2 N–H and O–H groups in total. The SMILES string of the molecule is CCN(C(=O)c1c(Cl)cccc1Cl)c1ccc(N)cc1. The van der Waals surface area contributed by atoms with E-state index in [9.17, 15) is 4.79 Å². The minimum absolute atomic E-state index is 0.229. The first-order valence-corrected chi connectivity index (χ1v) is 6.91. The average Bonchev–Trinajstić information content (AvgIpc) is 2.41. The van der Waals surface area contributed by atoms with Gasteiger partial charge in [-0.25, -0.2) is 0 Å². The van der Waals surface area contributed by atoms with Gasteiger partial charge in [0.25, 0.3) is 5.91 Å². The van der Waals surface area contributed by atoms with Gasteiger partial charge in [-0.3, -0.25) is 4.79 Å². The molecule has 0 saturated heterocycles. The zero-order valence-electron chi connectivity index (χ0n) is 10.9. The van der Waals surface area contributed by atoms with Gasteiger partial charge in [-0.05, 0) is 43.3 Å². The van der Waals surface area contributed by atoms with Gasteiger partial charge in [0.05, 0.1) is 15.6 Å². The van der Waals surface area contributed by atoms with Crippen LogP contribution in [0.4, 0.5) is 11.4 Å². The second kappa shape index (κ2) is 6.16. The van der Waals surface area contributed by atoms with Gasteiger partial charge in [-0.2, -0.15) is 0 Å². The van der Waals surface area contributed by atoms with Gasteiger partial charge in [0.1, 0.15) is 0 Å². The summed E-state index contributed by atoms with van der Waals surface area (Å²) in [5.74, 6) is -0.229. The Balaban J connectivity index is 2.42. The maximum atomic E-state index is 12.6. The Morgan fingerprint density at radius 1 is 1.10 bits per heavy atom. The van der Waals surface area contributed by atoms with Crippen LogP contribution in [-0.4, -0.2) is 12.5 Å². The fourth-order valence-corrected chi connectivity index (χ4v) is 2.49. The lowest BCUT2D eigenvalue weighted by Crippen LogP contribution is -2.31. The van der Waals surface area contributed by atoms with Crippen LogP contribution in [0.1, 0.15) is 17.3 Å². The number of hydrogen-bond acceptors (Lipinski definition) is 2. The Kier molecular flexibility index (Phi) is 4.53. The zero-order valence-corrected chi connectivity index (χ0v) is 12.4. The standard InChI is InChI=1S/C15H14Cl2N2O/c1-2-19(11-8-6-10(18)7-9-11)15(20)14-12(16)4-3-5-13(14)17/h3-9H,2,18H2,1H3. The Bertz CT molecular complexity index is 606. The van der Waals surface area contributed by atoms with Crippen LogP contribution >= 0.6 is 23.2 Å². The number of carbonyl (C=O) groups is 1. The largest absolute Gasteiger partial charge is 0.399 e. The summed E-state index contributed by atoms with van der Waals surface area (Å²) in [7, 11) is 0. The molecule has 0 aliphatic carbocycles. The molecule has 0 aliphatic heterocycles. The average molecular weight is 309 g/mol. The number of halogens is 2. The molecule has 104 valence electrons. The predicted molar refractivity (Wildman–Crippen MR) is 84.7 cm³/mol. The first-order valence-electron chi connectivity index (χ1n) is 6.16. The van der Waals surface area contributed by atoms with Crippen molar-refractivity contribution in [3.05, 3.63) is 58.1 Å². The highest BCUT2D eigenvalue weighted by Gasteiger charge is 2.21. The first kappa shape index (κ1) is 14.7. The van der Waals surface area contributed by atoms with E-state index >= 15 is 0 Å². The summed E-state index contributed by atoms with van der Waals surface area (Å²) < 4.78 is 0. The molecule has 2 rings (SSSR count). The molecule has 5 heteroatoms. The van der Waals surface area contributed by atoms with Crippen LogP contribution < -0.4 is 10.6 Å². The first-order chi connectivity index (χ1) is 9.54. The highest BCUT2D eigenvalue weighted by Crippen LogP contribution is 2.28. The smallest absolute Gasteiger partial charge is 0.261 e. The lowest BCUT2D eigenvalue weighted by atomic mass is 10.1. The summed E-state index contributed by atoms with van der Waals surface area (Å²) in [6.07, 6.45) is 0. The molecule has 0 unspecified atom stereocenters.